The van der Waals surface area contributed by atoms with Gasteiger partial charge in [0.1, 0.15) is 0 Å². The second kappa shape index (κ2) is 6.80. The first-order valence-electron chi connectivity index (χ1n) is 6.16. The molecule has 2 atom stereocenters. The topological polar surface area (TPSA) is 12.0 Å². The van der Waals surface area contributed by atoms with Crippen molar-refractivity contribution in [2.45, 2.75) is 70.9 Å². The van der Waals surface area contributed by atoms with Gasteiger partial charge in [-0.05, 0) is 33.1 Å². The van der Waals surface area contributed by atoms with Crippen molar-refractivity contribution in [3.63, 3.8) is 0 Å². The van der Waals surface area contributed by atoms with E-state index in [4.69, 9.17) is 0 Å². The highest BCUT2D eigenvalue weighted by molar-refractivity contribution is 8.00. The second-order valence-corrected chi connectivity index (χ2v) is 7.45. The molecule has 1 nitrogen and oxygen atoms in total. The van der Waals surface area contributed by atoms with Crippen molar-refractivity contribution < 1.29 is 0 Å². The van der Waals surface area contributed by atoms with Crippen LogP contribution >= 0.6 is 11.8 Å². The van der Waals surface area contributed by atoms with E-state index >= 15 is 0 Å². The lowest BCUT2D eigenvalue weighted by Gasteiger charge is -2.28. The van der Waals surface area contributed by atoms with E-state index in [1.54, 1.807) is 0 Å². The average molecular weight is 231 g/mol. The fourth-order valence-electron chi connectivity index (χ4n) is 1.24. The molecule has 92 valence electrons. The first-order valence-corrected chi connectivity index (χ1v) is 7.11. The molecule has 0 aromatic heterocycles. The molecule has 0 spiro atoms. The summed E-state index contributed by atoms with van der Waals surface area (Å²) in [6.45, 7) is 17.1. The van der Waals surface area contributed by atoms with E-state index in [-0.39, 0.29) is 5.54 Å². The molecule has 0 saturated heterocycles. The molecule has 0 aromatic carbocycles. The van der Waals surface area contributed by atoms with Crippen molar-refractivity contribution in [2.75, 3.05) is 6.54 Å². The molecule has 0 heterocycles. The van der Waals surface area contributed by atoms with Crippen LogP contribution in [0.5, 0.6) is 0 Å². The van der Waals surface area contributed by atoms with Crippen LogP contribution in [0.4, 0.5) is 0 Å². The number of hydrogen-bond donors (Lipinski definition) is 1. The largest absolute Gasteiger partial charge is 0.311 e. The summed E-state index contributed by atoms with van der Waals surface area (Å²) in [6.07, 6.45) is 1.27. The Kier molecular flexibility index (Phi) is 6.94. The summed E-state index contributed by atoms with van der Waals surface area (Å²) < 4.78 is 0. The average Bonchev–Trinajstić information content (AvgIpc) is 2.09. The minimum atomic E-state index is 0.239. The van der Waals surface area contributed by atoms with Crippen LogP contribution in [0.1, 0.15) is 54.9 Å². The van der Waals surface area contributed by atoms with Crippen LogP contribution in [0.3, 0.4) is 0 Å². The summed E-state index contributed by atoms with van der Waals surface area (Å²) in [5, 5.41) is 5.12. The smallest absolute Gasteiger partial charge is 0.0198 e. The summed E-state index contributed by atoms with van der Waals surface area (Å²) in [7, 11) is 0. The first kappa shape index (κ1) is 15.3. The lowest BCUT2D eigenvalue weighted by Crippen LogP contribution is -2.41. The Morgan fingerprint density at radius 1 is 1.13 bits per heavy atom. The lowest BCUT2D eigenvalue weighted by molar-refractivity contribution is 0.407. The van der Waals surface area contributed by atoms with Crippen molar-refractivity contribution in [3.05, 3.63) is 0 Å². The summed E-state index contributed by atoms with van der Waals surface area (Å²) >= 11 is 2.13. The van der Waals surface area contributed by atoms with Gasteiger partial charge in [0.2, 0.25) is 0 Å². The van der Waals surface area contributed by atoms with Crippen molar-refractivity contribution in [2.24, 2.45) is 5.92 Å². The first-order chi connectivity index (χ1) is 6.76. The van der Waals surface area contributed by atoms with Crippen molar-refractivity contribution in [3.8, 4) is 0 Å². The summed E-state index contributed by atoms with van der Waals surface area (Å²) in [5.74, 6) is 0.749. The van der Waals surface area contributed by atoms with Crippen LogP contribution in [-0.4, -0.2) is 22.6 Å². The van der Waals surface area contributed by atoms with Crippen LogP contribution in [0.15, 0.2) is 0 Å². The molecule has 0 aliphatic carbocycles. The Hall–Kier alpha value is 0.310. The Balaban J connectivity index is 4.05. The van der Waals surface area contributed by atoms with E-state index in [1.807, 2.05) is 0 Å². The highest BCUT2D eigenvalue weighted by Crippen LogP contribution is 2.25. The Morgan fingerprint density at radius 3 is 2.00 bits per heavy atom. The molecule has 0 aliphatic rings. The minimum absolute atomic E-state index is 0.239. The van der Waals surface area contributed by atoms with Gasteiger partial charge >= 0.3 is 0 Å². The Morgan fingerprint density at radius 2 is 1.67 bits per heavy atom. The van der Waals surface area contributed by atoms with Crippen molar-refractivity contribution in [1.82, 2.24) is 5.32 Å². The Labute approximate surface area is 101 Å². The van der Waals surface area contributed by atoms with Crippen LogP contribution in [0.2, 0.25) is 0 Å². The molecule has 2 heteroatoms. The third-order valence-corrected chi connectivity index (χ3v) is 4.42. The van der Waals surface area contributed by atoms with Gasteiger partial charge in [-0.15, -0.1) is 0 Å². The molecule has 0 radical (unpaired) electrons. The van der Waals surface area contributed by atoms with E-state index in [0.717, 1.165) is 23.0 Å². The molecular weight excluding hydrogens is 202 g/mol. The van der Waals surface area contributed by atoms with Gasteiger partial charge in [-0.2, -0.15) is 11.8 Å². The molecule has 0 rings (SSSR count). The second-order valence-electron chi connectivity index (χ2n) is 5.77. The third kappa shape index (κ3) is 8.15. The number of hydrogen-bond acceptors (Lipinski definition) is 2. The number of thioether (sulfide) groups is 1. The van der Waals surface area contributed by atoms with Crippen LogP contribution in [-0.2, 0) is 0 Å². The van der Waals surface area contributed by atoms with Gasteiger partial charge in [0, 0.05) is 22.6 Å². The van der Waals surface area contributed by atoms with E-state index in [0.29, 0.717) is 0 Å². The monoisotopic (exact) mass is 231 g/mol. The number of rotatable bonds is 6. The predicted molar refractivity (Wildman–Crippen MR) is 73.7 cm³/mol. The van der Waals surface area contributed by atoms with Crippen LogP contribution in [0, 0.1) is 5.92 Å². The zero-order chi connectivity index (χ0) is 12.1. The van der Waals surface area contributed by atoms with Crippen molar-refractivity contribution >= 4 is 11.8 Å². The predicted octanol–water partition coefficient (Wildman–Crippen LogP) is 3.93. The molecule has 2 unspecified atom stereocenters. The van der Waals surface area contributed by atoms with Crippen molar-refractivity contribution in [1.29, 1.82) is 0 Å². The van der Waals surface area contributed by atoms with Crippen LogP contribution < -0.4 is 5.32 Å². The molecule has 15 heavy (non-hydrogen) atoms. The molecule has 0 amide bonds. The fourth-order valence-corrected chi connectivity index (χ4v) is 2.53. The minimum Gasteiger partial charge on any atom is -0.311 e. The van der Waals surface area contributed by atoms with E-state index in [2.05, 4.69) is 65.5 Å². The zero-order valence-corrected chi connectivity index (χ0v) is 12.4. The van der Waals surface area contributed by atoms with E-state index < -0.39 is 0 Å². The molecule has 0 aromatic rings. The maximum absolute atomic E-state index is 3.61. The number of nitrogens with one attached hydrogen (secondary N) is 1. The lowest BCUT2D eigenvalue weighted by atomic mass is 10.1. The summed E-state index contributed by atoms with van der Waals surface area (Å²) in [6, 6.07) is 0. The molecule has 0 saturated carbocycles. The van der Waals surface area contributed by atoms with Gasteiger partial charge in [0.25, 0.3) is 0 Å². The molecule has 1 N–H and O–H groups in total. The van der Waals surface area contributed by atoms with Crippen LogP contribution in [0.25, 0.3) is 0 Å². The van der Waals surface area contributed by atoms with Gasteiger partial charge in [-0.25, -0.2) is 0 Å². The third-order valence-electron chi connectivity index (χ3n) is 2.56. The fraction of sp³-hybridized carbons (Fsp3) is 1.00. The van der Waals surface area contributed by atoms with Gasteiger partial charge in [-0.3, -0.25) is 0 Å². The molecule has 0 bridgehead atoms. The summed E-state index contributed by atoms with van der Waals surface area (Å²) in [4.78, 5) is 0. The summed E-state index contributed by atoms with van der Waals surface area (Å²) in [5.41, 5.74) is 0.239. The van der Waals surface area contributed by atoms with E-state index in [1.165, 1.54) is 6.42 Å². The normalized spacial score (nSPS) is 16.8. The SMILES string of the molecule is CCC(C)SC(CNC(C)(C)C)C(C)C. The highest BCUT2D eigenvalue weighted by atomic mass is 32.2. The van der Waals surface area contributed by atoms with Gasteiger partial charge in [0.05, 0.1) is 0 Å². The maximum atomic E-state index is 3.61. The molecule has 0 fully saturated rings. The standard InChI is InChI=1S/C13H29NS/c1-8-11(4)15-12(10(2)3)9-14-13(5,6)7/h10-12,14H,8-9H2,1-7H3. The van der Waals surface area contributed by atoms with Gasteiger partial charge in [-0.1, -0.05) is 27.7 Å². The van der Waals surface area contributed by atoms with Gasteiger partial charge < -0.3 is 5.32 Å². The maximum Gasteiger partial charge on any atom is 0.0198 e. The highest BCUT2D eigenvalue weighted by Gasteiger charge is 2.19. The quantitative estimate of drug-likeness (QED) is 0.743. The Bertz CT molecular complexity index is 160. The van der Waals surface area contributed by atoms with E-state index in [9.17, 15) is 0 Å². The zero-order valence-electron chi connectivity index (χ0n) is 11.6. The molecule has 0 aliphatic heterocycles. The van der Waals surface area contributed by atoms with Gasteiger partial charge in [0.15, 0.2) is 0 Å². The molecular formula is C13H29NS.